The van der Waals surface area contributed by atoms with E-state index in [1.807, 2.05) is 6.92 Å². The zero-order valence-electron chi connectivity index (χ0n) is 12.2. The first kappa shape index (κ1) is 17.7. The van der Waals surface area contributed by atoms with Gasteiger partial charge in [0.15, 0.2) is 9.84 Å². The Bertz CT molecular complexity index is 534. The molecular weight excluding hydrogens is 292 g/mol. The molecular formula is C15H22O5S. The second-order valence-electron chi connectivity index (χ2n) is 4.93. The van der Waals surface area contributed by atoms with Crippen LogP contribution in [0.25, 0.3) is 0 Å². The molecule has 0 saturated carbocycles. The molecule has 0 aliphatic carbocycles. The number of aliphatic hydroxyl groups excluding tert-OH is 1. The second-order valence-corrected chi connectivity index (χ2v) is 7.00. The molecule has 0 atom stereocenters. The third-order valence-electron chi connectivity index (χ3n) is 2.94. The maximum Gasteiger partial charge on any atom is 0.321 e. The molecule has 0 heterocycles. The number of esters is 1. The van der Waals surface area contributed by atoms with Crippen molar-refractivity contribution < 1.29 is 23.1 Å². The van der Waals surface area contributed by atoms with E-state index >= 15 is 0 Å². The molecule has 0 aliphatic rings. The summed E-state index contributed by atoms with van der Waals surface area (Å²) in [7, 11) is -3.53. The van der Waals surface area contributed by atoms with Crippen molar-refractivity contribution >= 4 is 15.8 Å². The maximum absolute atomic E-state index is 11.9. The molecule has 0 saturated heterocycles. The van der Waals surface area contributed by atoms with Crippen LogP contribution < -0.4 is 0 Å². The standard InChI is InChI=1S/C15H22O5S/c1-2-3-4-9-20-15(17)12-21(18,19)11-14-7-5-13(10-16)6-8-14/h5-8,16H,2-4,9-12H2,1H3. The van der Waals surface area contributed by atoms with Gasteiger partial charge in [0.25, 0.3) is 0 Å². The van der Waals surface area contributed by atoms with E-state index < -0.39 is 21.6 Å². The van der Waals surface area contributed by atoms with Crippen molar-refractivity contribution in [3.05, 3.63) is 35.4 Å². The Morgan fingerprint density at radius 1 is 1.14 bits per heavy atom. The Labute approximate surface area is 125 Å². The highest BCUT2D eigenvalue weighted by Crippen LogP contribution is 2.09. The summed E-state index contributed by atoms with van der Waals surface area (Å²) in [6.07, 6.45) is 2.72. The van der Waals surface area contributed by atoms with E-state index in [-0.39, 0.29) is 19.0 Å². The highest BCUT2D eigenvalue weighted by molar-refractivity contribution is 7.91. The first-order chi connectivity index (χ1) is 9.96. The summed E-state index contributed by atoms with van der Waals surface area (Å²) in [5.74, 6) is -1.50. The highest BCUT2D eigenvalue weighted by atomic mass is 32.2. The van der Waals surface area contributed by atoms with Crippen LogP contribution in [0, 0.1) is 0 Å². The van der Waals surface area contributed by atoms with Gasteiger partial charge in [-0.25, -0.2) is 8.42 Å². The number of benzene rings is 1. The van der Waals surface area contributed by atoms with Crippen molar-refractivity contribution in [2.45, 2.75) is 38.5 Å². The van der Waals surface area contributed by atoms with E-state index in [2.05, 4.69) is 0 Å². The van der Waals surface area contributed by atoms with E-state index in [9.17, 15) is 13.2 Å². The molecule has 0 spiro atoms. The number of hydrogen-bond acceptors (Lipinski definition) is 5. The molecule has 0 fully saturated rings. The second kappa shape index (κ2) is 8.79. The summed E-state index contributed by atoms with van der Waals surface area (Å²) < 4.78 is 28.7. The molecule has 1 aromatic carbocycles. The quantitative estimate of drug-likeness (QED) is 0.555. The molecule has 0 radical (unpaired) electrons. The van der Waals surface area contributed by atoms with Crippen LogP contribution in [0.4, 0.5) is 0 Å². The third kappa shape index (κ3) is 7.24. The predicted molar refractivity (Wildman–Crippen MR) is 80.3 cm³/mol. The largest absolute Gasteiger partial charge is 0.465 e. The molecule has 0 aliphatic heterocycles. The molecule has 5 nitrogen and oxygen atoms in total. The number of carbonyl (C=O) groups excluding carboxylic acids is 1. The smallest absolute Gasteiger partial charge is 0.321 e. The Hall–Kier alpha value is -1.40. The number of carbonyl (C=O) groups is 1. The van der Waals surface area contributed by atoms with Crippen LogP contribution in [-0.2, 0) is 31.7 Å². The van der Waals surface area contributed by atoms with Crippen molar-refractivity contribution in [2.75, 3.05) is 12.4 Å². The summed E-state index contributed by atoms with van der Waals surface area (Å²) >= 11 is 0. The van der Waals surface area contributed by atoms with Crippen molar-refractivity contribution in [3.63, 3.8) is 0 Å². The van der Waals surface area contributed by atoms with E-state index in [1.54, 1.807) is 24.3 Å². The number of rotatable bonds is 9. The number of unbranched alkanes of at least 4 members (excludes halogenated alkanes) is 2. The van der Waals surface area contributed by atoms with E-state index in [4.69, 9.17) is 9.84 Å². The van der Waals surface area contributed by atoms with Gasteiger partial charge in [-0.1, -0.05) is 44.0 Å². The molecule has 1 aromatic rings. The fourth-order valence-corrected chi connectivity index (χ4v) is 3.05. The number of hydrogen-bond donors (Lipinski definition) is 1. The van der Waals surface area contributed by atoms with Gasteiger partial charge in [-0.15, -0.1) is 0 Å². The van der Waals surface area contributed by atoms with Gasteiger partial charge >= 0.3 is 5.97 Å². The molecule has 0 unspecified atom stereocenters. The van der Waals surface area contributed by atoms with Crippen molar-refractivity contribution in [3.8, 4) is 0 Å². The van der Waals surface area contributed by atoms with Gasteiger partial charge < -0.3 is 9.84 Å². The molecule has 0 bridgehead atoms. The fourth-order valence-electron chi connectivity index (χ4n) is 1.81. The molecule has 21 heavy (non-hydrogen) atoms. The maximum atomic E-state index is 11.9. The van der Waals surface area contributed by atoms with Crippen LogP contribution >= 0.6 is 0 Å². The van der Waals surface area contributed by atoms with E-state index in [0.29, 0.717) is 11.1 Å². The van der Waals surface area contributed by atoms with E-state index in [0.717, 1.165) is 19.3 Å². The van der Waals surface area contributed by atoms with Crippen LogP contribution in [0.2, 0.25) is 0 Å². The first-order valence-corrected chi connectivity index (χ1v) is 8.83. The summed E-state index contributed by atoms with van der Waals surface area (Å²) in [5, 5.41) is 8.92. The van der Waals surface area contributed by atoms with Gasteiger partial charge in [0.05, 0.1) is 19.0 Å². The zero-order valence-corrected chi connectivity index (χ0v) is 13.1. The topological polar surface area (TPSA) is 80.7 Å². The average Bonchev–Trinajstić information content (AvgIpc) is 2.43. The Balaban J connectivity index is 2.46. The summed E-state index contributed by atoms with van der Waals surface area (Å²) in [5.41, 5.74) is 1.30. The lowest BCUT2D eigenvalue weighted by Crippen LogP contribution is -2.20. The molecule has 118 valence electrons. The lowest BCUT2D eigenvalue weighted by atomic mass is 10.2. The minimum absolute atomic E-state index is 0.0862. The minimum atomic E-state index is -3.53. The number of aliphatic hydroxyl groups is 1. The van der Waals surface area contributed by atoms with E-state index in [1.165, 1.54) is 0 Å². The van der Waals surface area contributed by atoms with Gasteiger partial charge in [-0.2, -0.15) is 0 Å². The molecule has 0 aromatic heterocycles. The Morgan fingerprint density at radius 3 is 2.33 bits per heavy atom. The SMILES string of the molecule is CCCCCOC(=O)CS(=O)(=O)Cc1ccc(CO)cc1. The van der Waals surface area contributed by atoms with Crippen LogP contribution in [0.15, 0.2) is 24.3 Å². The molecule has 0 amide bonds. The zero-order chi connectivity index (χ0) is 15.7. The Kier molecular flexibility index (Phi) is 7.39. The van der Waals surface area contributed by atoms with Gasteiger partial charge in [0.1, 0.15) is 5.75 Å². The van der Waals surface area contributed by atoms with Crippen molar-refractivity contribution in [2.24, 2.45) is 0 Å². The molecule has 1 rings (SSSR count). The average molecular weight is 314 g/mol. The number of sulfone groups is 1. The lowest BCUT2D eigenvalue weighted by Gasteiger charge is -2.06. The third-order valence-corrected chi connectivity index (χ3v) is 4.39. The number of ether oxygens (including phenoxy) is 1. The van der Waals surface area contributed by atoms with Gasteiger partial charge in [0, 0.05) is 0 Å². The van der Waals surface area contributed by atoms with Gasteiger partial charge in [0.2, 0.25) is 0 Å². The summed E-state index contributed by atoms with van der Waals surface area (Å²) in [6, 6.07) is 6.59. The highest BCUT2D eigenvalue weighted by Gasteiger charge is 2.18. The summed E-state index contributed by atoms with van der Waals surface area (Å²) in [6.45, 7) is 2.22. The fraction of sp³-hybridized carbons (Fsp3) is 0.533. The summed E-state index contributed by atoms with van der Waals surface area (Å²) in [4.78, 5) is 11.5. The molecule has 1 N–H and O–H groups in total. The normalized spacial score (nSPS) is 11.3. The predicted octanol–water partition coefficient (Wildman–Crippen LogP) is 1.83. The van der Waals surface area contributed by atoms with Crippen LogP contribution in [-0.4, -0.2) is 31.9 Å². The van der Waals surface area contributed by atoms with Crippen LogP contribution in [0.3, 0.4) is 0 Å². The van der Waals surface area contributed by atoms with Gasteiger partial charge in [-0.05, 0) is 17.5 Å². The lowest BCUT2D eigenvalue weighted by molar-refractivity contribution is -0.140. The van der Waals surface area contributed by atoms with Crippen LogP contribution in [0.1, 0.15) is 37.3 Å². The van der Waals surface area contributed by atoms with Gasteiger partial charge in [-0.3, -0.25) is 4.79 Å². The Morgan fingerprint density at radius 2 is 1.76 bits per heavy atom. The van der Waals surface area contributed by atoms with Crippen LogP contribution in [0.5, 0.6) is 0 Å². The van der Waals surface area contributed by atoms with Crippen molar-refractivity contribution in [1.29, 1.82) is 0 Å². The van der Waals surface area contributed by atoms with Crippen molar-refractivity contribution in [1.82, 2.24) is 0 Å². The minimum Gasteiger partial charge on any atom is -0.465 e. The monoisotopic (exact) mass is 314 g/mol. The first-order valence-electron chi connectivity index (χ1n) is 7.01. The molecule has 6 heteroatoms.